The van der Waals surface area contributed by atoms with Gasteiger partial charge in [-0.2, -0.15) is 0 Å². The van der Waals surface area contributed by atoms with Gasteiger partial charge >= 0.3 is 0 Å². The number of nitrogens with zero attached hydrogens (tertiary/aromatic N) is 1. The van der Waals surface area contributed by atoms with Gasteiger partial charge in [-0.15, -0.1) is 12.6 Å². The van der Waals surface area contributed by atoms with Crippen molar-refractivity contribution in [2.45, 2.75) is 24.3 Å². The van der Waals surface area contributed by atoms with Crippen molar-refractivity contribution < 1.29 is 14.4 Å². The standard InChI is InChI=1S/C13H13BrN2O3S/c1-13(2)12(19)15-10(17)6-16(13)11(18)8-4-3-7(14)5-9(8)20/h3-5,20H,6H2,1-2H3,(H,15,17,19). The van der Waals surface area contributed by atoms with E-state index in [1.807, 2.05) is 0 Å². The lowest BCUT2D eigenvalue weighted by Crippen LogP contribution is -2.65. The Morgan fingerprint density at radius 3 is 2.65 bits per heavy atom. The molecule has 1 aromatic carbocycles. The SMILES string of the molecule is CC1(C)C(=O)NC(=O)CN1C(=O)c1ccc(Br)cc1S. The third kappa shape index (κ3) is 2.60. The van der Waals surface area contributed by atoms with E-state index in [1.165, 1.54) is 4.90 Å². The molecule has 106 valence electrons. The molecule has 3 amide bonds. The number of piperazine rings is 1. The number of hydrogen-bond acceptors (Lipinski definition) is 4. The van der Waals surface area contributed by atoms with Gasteiger partial charge in [-0.1, -0.05) is 15.9 Å². The zero-order valence-electron chi connectivity index (χ0n) is 10.9. The van der Waals surface area contributed by atoms with Crippen LogP contribution < -0.4 is 5.32 Å². The highest BCUT2D eigenvalue weighted by atomic mass is 79.9. The van der Waals surface area contributed by atoms with Crippen LogP contribution in [0.3, 0.4) is 0 Å². The largest absolute Gasteiger partial charge is 0.315 e. The van der Waals surface area contributed by atoms with E-state index in [2.05, 4.69) is 33.9 Å². The maximum absolute atomic E-state index is 12.6. The van der Waals surface area contributed by atoms with Crippen molar-refractivity contribution in [1.82, 2.24) is 10.2 Å². The van der Waals surface area contributed by atoms with Crippen LogP contribution >= 0.6 is 28.6 Å². The van der Waals surface area contributed by atoms with Crippen LogP contribution in [0, 0.1) is 0 Å². The third-order valence-electron chi connectivity index (χ3n) is 3.22. The number of benzene rings is 1. The third-order valence-corrected chi connectivity index (χ3v) is 4.08. The highest BCUT2D eigenvalue weighted by molar-refractivity contribution is 9.10. The molecule has 1 aromatic rings. The van der Waals surface area contributed by atoms with Gasteiger partial charge in [0.25, 0.3) is 11.8 Å². The van der Waals surface area contributed by atoms with Crippen LogP contribution in [0.15, 0.2) is 27.6 Å². The van der Waals surface area contributed by atoms with Crippen LogP contribution in [0.4, 0.5) is 0 Å². The number of carbonyl (C=O) groups excluding carboxylic acids is 3. The maximum Gasteiger partial charge on any atom is 0.256 e. The van der Waals surface area contributed by atoms with E-state index >= 15 is 0 Å². The zero-order valence-corrected chi connectivity index (χ0v) is 13.4. The van der Waals surface area contributed by atoms with Gasteiger partial charge in [0.1, 0.15) is 12.1 Å². The van der Waals surface area contributed by atoms with E-state index < -0.39 is 23.3 Å². The van der Waals surface area contributed by atoms with Gasteiger partial charge in [0, 0.05) is 9.37 Å². The Balaban J connectivity index is 2.40. The maximum atomic E-state index is 12.6. The predicted molar refractivity (Wildman–Crippen MR) is 79.7 cm³/mol. The lowest BCUT2D eigenvalue weighted by atomic mass is 9.97. The summed E-state index contributed by atoms with van der Waals surface area (Å²) in [6, 6.07) is 5.02. The molecule has 1 saturated heterocycles. The summed E-state index contributed by atoms with van der Waals surface area (Å²) < 4.78 is 0.797. The van der Waals surface area contributed by atoms with Crippen molar-refractivity contribution in [2.24, 2.45) is 0 Å². The molecule has 1 aliphatic rings. The molecule has 20 heavy (non-hydrogen) atoms. The van der Waals surface area contributed by atoms with E-state index in [9.17, 15) is 14.4 Å². The van der Waals surface area contributed by atoms with E-state index in [-0.39, 0.29) is 6.54 Å². The van der Waals surface area contributed by atoms with Crippen molar-refractivity contribution in [1.29, 1.82) is 0 Å². The van der Waals surface area contributed by atoms with Crippen LogP contribution in [-0.2, 0) is 9.59 Å². The number of amides is 3. The molecule has 0 aliphatic carbocycles. The summed E-state index contributed by atoms with van der Waals surface area (Å²) in [5.74, 6) is -1.36. The van der Waals surface area contributed by atoms with Crippen molar-refractivity contribution in [2.75, 3.05) is 6.54 Å². The quantitative estimate of drug-likeness (QED) is 0.593. The molecular formula is C13H13BrN2O3S. The number of rotatable bonds is 1. The van der Waals surface area contributed by atoms with Crippen molar-refractivity contribution in [3.05, 3.63) is 28.2 Å². The second kappa shape index (κ2) is 5.21. The van der Waals surface area contributed by atoms with Gasteiger partial charge in [0.2, 0.25) is 5.91 Å². The normalized spacial score (nSPS) is 17.9. The van der Waals surface area contributed by atoms with Crippen LogP contribution in [0.1, 0.15) is 24.2 Å². The van der Waals surface area contributed by atoms with Crippen molar-refractivity contribution >= 4 is 46.3 Å². The first-order valence-electron chi connectivity index (χ1n) is 5.88. The number of hydrogen-bond donors (Lipinski definition) is 2. The molecule has 0 saturated carbocycles. The van der Waals surface area contributed by atoms with Crippen LogP contribution in [-0.4, -0.2) is 34.7 Å². The highest BCUT2D eigenvalue weighted by Crippen LogP contribution is 2.25. The Morgan fingerprint density at radius 1 is 1.40 bits per heavy atom. The Hall–Kier alpha value is -1.34. The average Bonchev–Trinajstić information content (AvgIpc) is 2.33. The lowest BCUT2D eigenvalue weighted by molar-refractivity contribution is -0.143. The molecule has 5 nitrogen and oxygen atoms in total. The molecule has 0 spiro atoms. The number of halogens is 1. The van der Waals surface area contributed by atoms with Crippen LogP contribution in [0.5, 0.6) is 0 Å². The van der Waals surface area contributed by atoms with Gasteiger partial charge in [-0.3, -0.25) is 19.7 Å². The lowest BCUT2D eigenvalue weighted by Gasteiger charge is -2.40. The fourth-order valence-corrected chi connectivity index (χ4v) is 2.79. The predicted octanol–water partition coefficient (Wildman–Crippen LogP) is 1.61. The van der Waals surface area contributed by atoms with Gasteiger partial charge < -0.3 is 4.90 Å². The molecule has 1 aliphatic heterocycles. The molecule has 0 radical (unpaired) electrons. The number of imide groups is 1. The van der Waals surface area contributed by atoms with Crippen molar-refractivity contribution in [3.63, 3.8) is 0 Å². The first-order valence-corrected chi connectivity index (χ1v) is 7.12. The molecule has 0 unspecified atom stereocenters. The Kier molecular flexibility index (Phi) is 3.93. The summed E-state index contributed by atoms with van der Waals surface area (Å²) in [4.78, 5) is 37.7. The fourth-order valence-electron chi connectivity index (χ4n) is 1.94. The summed E-state index contributed by atoms with van der Waals surface area (Å²) in [5, 5.41) is 2.23. The first-order chi connectivity index (χ1) is 9.23. The van der Waals surface area contributed by atoms with E-state index in [0.717, 1.165) is 4.47 Å². The number of thiol groups is 1. The van der Waals surface area contributed by atoms with Crippen LogP contribution in [0.2, 0.25) is 0 Å². The molecule has 1 heterocycles. The molecule has 0 atom stereocenters. The second-order valence-electron chi connectivity index (χ2n) is 4.99. The Labute approximate surface area is 130 Å². The molecule has 1 N–H and O–H groups in total. The summed E-state index contributed by atoms with van der Waals surface area (Å²) in [5.41, 5.74) is -0.731. The molecule has 2 rings (SSSR count). The van der Waals surface area contributed by atoms with Crippen molar-refractivity contribution in [3.8, 4) is 0 Å². The summed E-state index contributed by atoms with van der Waals surface area (Å²) in [6.07, 6.45) is 0. The summed E-state index contributed by atoms with van der Waals surface area (Å²) in [6.45, 7) is 3.05. The van der Waals surface area contributed by atoms with Gasteiger partial charge in [0.15, 0.2) is 0 Å². The molecule has 0 aromatic heterocycles. The average molecular weight is 357 g/mol. The van der Waals surface area contributed by atoms with Gasteiger partial charge in [0.05, 0.1) is 5.56 Å². The van der Waals surface area contributed by atoms with Crippen LogP contribution in [0.25, 0.3) is 0 Å². The highest BCUT2D eigenvalue weighted by Gasteiger charge is 2.43. The van der Waals surface area contributed by atoms with E-state index in [0.29, 0.717) is 10.5 Å². The minimum absolute atomic E-state index is 0.152. The fraction of sp³-hybridized carbons (Fsp3) is 0.308. The minimum atomic E-state index is -1.09. The zero-order chi connectivity index (χ0) is 15.1. The minimum Gasteiger partial charge on any atom is -0.315 e. The smallest absolute Gasteiger partial charge is 0.256 e. The summed E-state index contributed by atoms with van der Waals surface area (Å²) >= 11 is 7.56. The Morgan fingerprint density at radius 2 is 2.05 bits per heavy atom. The number of nitrogens with one attached hydrogen (secondary N) is 1. The molecule has 1 fully saturated rings. The van der Waals surface area contributed by atoms with E-state index in [4.69, 9.17) is 0 Å². The molecule has 7 heteroatoms. The number of carbonyl (C=O) groups is 3. The second-order valence-corrected chi connectivity index (χ2v) is 6.39. The van der Waals surface area contributed by atoms with Gasteiger partial charge in [-0.05, 0) is 32.0 Å². The monoisotopic (exact) mass is 356 g/mol. The first kappa shape index (κ1) is 15.1. The van der Waals surface area contributed by atoms with E-state index in [1.54, 1.807) is 32.0 Å². The Bertz CT molecular complexity index is 616. The topological polar surface area (TPSA) is 66.5 Å². The summed E-state index contributed by atoms with van der Waals surface area (Å²) in [7, 11) is 0. The van der Waals surface area contributed by atoms with Gasteiger partial charge in [-0.25, -0.2) is 0 Å². The molecular weight excluding hydrogens is 344 g/mol. The molecule has 0 bridgehead atoms.